The van der Waals surface area contributed by atoms with Crippen LogP contribution in [0.1, 0.15) is 39.0 Å². The van der Waals surface area contributed by atoms with E-state index in [4.69, 9.17) is 5.11 Å². The Morgan fingerprint density at radius 2 is 1.84 bits per heavy atom. The molecule has 2 saturated heterocycles. The van der Waals surface area contributed by atoms with Crippen LogP contribution in [0.15, 0.2) is 0 Å². The summed E-state index contributed by atoms with van der Waals surface area (Å²) in [7, 11) is -2.91. The second kappa shape index (κ2) is 5.79. The van der Waals surface area contributed by atoms with E-state index in [1.54, 1.807) is 6.92 Å². The number of sulfone groups is 1. The minimum Gasteiger partial charge on any atom is -0.481 e. The molecule has 6 heteroatoms. The predicted molar refractivity (Wildman–Crippen MR) is 72.8 cm³/mol. The average Bonchev–Trinajstić information content (AvgIpc) is 2.56. The summed E-state index contributed by atoms with van der Waals surface area (Å²) in [4.78, 5) is 13.1. The van der Waals surface area contributed by atoms with Gasteiger partial charge in [-0.15, -0.1) is 0 Å². The van der Waals surface area contributed by atoms with E-state index in [0.29, 0.717) is 18.6 Å². The van der Waals surface area contributed by atoms with Crippen molar-refractivity contribution < 1.29 is 18.3 Å². The van der Waals surface area contributed by atoms with Crippen LogP contribution in [-0.4, -0.2) is 54.5 Å². The Morgan fingerprint density at radius 1 is 1.26 bits per heavy atom. The molecule has 2 aliphatic rings. The van der Waals surface area contributed by atoms with Gasteiger partial charge in [0.2, 0.25) is 0 Å². The average molecular weight is 289 g/mol. The van der Waals surface area contributed by atoms with E-state index in [-0.39, 0.29) is 23.8 Å². The third-order valence-corrected chi connectivity index (χ3v) is 6.23. The fourth-order valence-electron chi connectivity index (χ4n) is 3.55. The molecule has 110 valence electrons. The Balaban J connectivity index is 1.90. The Hall–Kier alpha value is -0.620. The first-order valence-electron chi connectivity index (χ1n) is 7.09. The SMILES string of the molecule is CCS(=O)(=O)CCN1C2CCC1CC(CC(=O)O)C2. The lowest BCUT2D eigenvalue weighted by molar-refractivity contribution is -0.138. The van der Waals surface area contributed by atoms with Crippen LogP contribution in [0.5, 0.6) is 0 Å². The molecule has 0 aromatic heterocycles. The molecular formula is C13H23NO4S. The van der Waals surface area contributed by atoms with E-state index in [9.17, 15) is 13.2 Å². The van der Waals surface area contributed by atoms with Gasteiger partial charge in [0, 0.05) is 30.8 Å². The quantitative estimate of drug-likeness (QED) is 0.793. The van der Waals surface area contributed by atoms with Crippen molar-refractivity contribution in [2.24, 2.45) is 5.92 Å². The second-order valence-electron chi connectivity index (χ2n) is 5.79. The summed E-state index contributed by atoms with van der Waals surface area (Å²) in [6, 6.07) is 0.797. The first-order valence-corrected chi connectivity index (χ1v) is 8.91. The van der Waals surface area contributed by atoms with Crippen molar-refractivity contribution in [3.8, 4) is 0 Å². The van der Waals surface area contributed by atoms with E-state index in [1.807, 2.05) is 0 Å². The van der Waals surface area contributed by atoms with Crippen molar-refractivity contribution in [3.63, 3.8) is 0 Å². The Labute approximate surface area is 114 Å². The van der Waals surface area contributed by atoms with Gasteiger partial charge < -0.3 is 5.11 Å². The van der Waals surface area contributed by atoms with Crippen LogP contribution in [0.3, 0.4) is 0 Å². The number of piperidine rings is 1. The third kappa shape index (κ3) is 3.69. The molecule has 2 fully saturated rings. The highest BCUT2D eigenvalue weighted by Crippen LogP contribution is 2.39. The molecule has 2 unspecified atom stereocenters. The van der Waals surface area contributed by atoms with Gasteiger partial charge in [0.1, 0.15) is 0 Å². The minimum absolute atomic E-state index is 0.206. The number of carboxylic acid groups (broad SMARTS) is 1. The molecule has 0 aromatic carbocycles. The molecule has 0 amide bonds. The summed E-state index contributed by atoms with van der Waals surface area (Å²) in [5.41, 5.74) is 0. The topological polar surface area (TPSA) is 74.7 Å². The number of nitrogens with zero attached hydrogens (tertiary/aromatic N) is 1. The van der Waals surface area contributed by atoms with Crippen molar-refractivity contribution in [3.05, 3.63) is 0 Å². The zero-order valence-corrected chi connectivity index (χ0v) is 12.2. The van der Waals surface area contributed by atoms with E-state index in [0.717, 1.165) is 25.7 Å². The van der Waals surface area contributed by atoms with Crippen LogP contribution < -0.4 is 0 Å². The number of fused-ring (bicyclic) bond motifs is 2. The molecular weight excluding hydrogens is 266 g/mol. The Bertz CT molecular complexity index is 420. The molecule has 2 bridgehead atoms. The first-order chi connectivity index (χ1) is 8.91. The fourth-order valence-corrected chi connectivity index (χ4v) is 4.33. The number of aliphatic carboxylic acids is 1. The van der Waals surface area contributed by atoms with Crippen molar-refractivity contribution >= 4 is 15.8 Å². The maximum atomic E-state index is 11.6. The van der Waals surface area contributed by atoms with Gasteiger partial charge in [0.05, 0.1) is 5.75 Å². The summed E-state index contributed by atoms with van der Waals surface area (Å²) in [5, 5.41) is 8.87. The molecule has 2 aliphatic heterocycles. The van der Waals surface area contributed by atoms with Gasteiger partial charge in [0.25, 0.3) is 0 Å². The van der Waals surface area contributed by atoms with Crippen molar-refractivity contribution in [2.45, 2.75) is 51.1 Å². The molecule has 1 N–H and O–H groups in total. The predicted octanol–water partition coefficient (Wildman–Crippen LogP) is 1.14. The molecule has 2 atom stereocenters. The van der Waals surface area contributed by atoms with E-state index in [1.165, 1.54) is 0 Å². The van der Waals surface area contributed by atoms with Gasteiger partial charge in [-0.25, -0.2) is 8.42 Å². The molecule has 19 heavy (non-hydrogen) atoms. The summed E-state index contributed by atoms with van der Waals surface area (Å²) in [6.45, 7) is 2.30. The van der Waals surface area contributed by atoms with Crippen molar-refractivity contribution in [1.29, 1.82) is 0 Å². The maximum absolute atomic E-state index is 11.6. The highest BCUT2D eigenvalue weighted by Gasteiger charge is 2.41. The smallest absolute Gasteiger partial charge is 0.303 e. The minimum atomic E-state index is -2.91. The Kier molecular flexibility index (Phi) is 4.50. The van der Waals surface area contributed by atoms with Crippen LogP contribution in [0.25, 0.3) is 0 Å². The monoisotopic (exact) mass is 289 g/mol. The second-order valence-corrected chi connectivity index (χ2v) is 8.27. The summed E-state index contributed by atoms with van der Waals surface area (Å²) in [6.07, 6.45) is 4.26. The number of carbonyl (C=O) groups is 1. The van der Waals surface area contributed by atoms with Gasteiger partial charge in [-0.3, -0.25) is 9.69 Å². The van der Waals surface area contributed by atoms with Crippen molar-refractivity contribution in [1.82, 2.24) is 4.90 Å². The third-order valence-electron chi connectivity index (χ3n) is 4.55. The molecule has 0 radical (unpaired) electrons. The highest BCUT2D eigenvalue weighted by molar-refractivity contribution is 7.91. The van der Waals surface area contributed by atoms with Gasteiger partial charge in [-0.05, 0) is 31.6 Å². The molecule has 0 saturated carbocycles. The molecule has 0 aliphatic carbocycles. The zero-order valence-electron chi connectivity index (χ0n) is 11.4. The standard InChI is InChI=1S/C13H23NO4S/c1-2-19(17,18)6-5-14-11-3-4-12(14)8-10(7-11)9-13(15)16/h10-12H,2-9H2,1H3,(H,15,16). The lowest BCUT2D eigenvalue weighted by Gasteiger charge is -2.38. The molecule has 2 heterocycles. The van der Waals surface area contributed by atoms with Gasteiger partial charge in [-0.1, -0.05) is 6.92 Å². The largest absolute Gasteiger partial charge is 0.481 e. The van der Waals surface area contributed by atoms with E-state index >= 15 is 0 Å². The van der Waals surface area contributed by atoms with Crippen LogP contribution in [-0.2, 0) is 14.6 Å². The lowest BCUT2D eigenvalue weighted by Crippen LogP contribution is -2.45. The van der Waals surface area contributed by atoms with Crippen LogP contribution in [0.4, 0.5) is 0 Å². The number of hydrogen-bond acceptors (Lipinski definition) is 4. The molecule has 0 aromatic rings. The van der Waals surface area contributed by atoms with E-state index < -0.39 is 15.8 Å². The fraction of sp³-hybridized carbons (Fsp3) is 0.923. The normalized spacial score (nSPS) is 31.5. The number of carboxylic acids is 1. The Morgan fingerprint density at radius 3 is 2.32 bits per heavy atom. The lowest BCUT2D eigenvalue weighted by atomic mass is 9.88. The summed E-state index contributed by atoms with van der Waals surface area (Å²) < 4.78 is 23.2. The van der Waals surface area contributed by atoms with Gasteiger partial charge in [0.15, 0.2) is 9.84 Å². The van der Waals surface area contributed by atoms with Gasteiger partial charge >= 0.3 is 5.97 Å². The maximum Gasteiger partial charge on any atom is 0.303 e. The van der Waals surface area contributed by atoms with Crippen LogP contribution >= 0.6 is 0 Å². The number of hydrogen-bond donors (Lipinski definition) is 1. The summed E-state index contributed by atoms with van der Waals surface area (Å²) >= 11 is 0. The van der Waals surface area contributed by atoms with E-state index in [2.05, 4.69) is 4.90 Å². The highest BCUT2D eigenvalue weighted by atomic mass is 32.2. The molecule has 0 spiro atoms. The summed E-state index contributed by atoms with van der Waals surface area (Å²) in [5.74, 6) is -0.00166. The first kappa shape index (κ1) is 14.8. The van der Waals surface area contributed by atoms with Gasteiger partial charge in [-0.2, -0.15) is 0 Å². The van der Waals surface area contributed by atoms with Crippen molar-refractivity contribution in [2.75, 3.05) is 18.1 Å². The van der Waals surface area contributed by atoms with Crippen LogP contribution in [0, 0.1) is 5.92 Å². The number of rotatable bonds is 6. The van der Waals surface area contributed by atoms with Crippen LogP contribution in [0.2, 0.25) is 0 Å². The zero-order chi connectivity index (χ0) is 14.0. The molecule has 5 nitrogen and oxygen atoms in total. The molecule has 2 rings (SSSR count).